The van der Waals surface area contributed by atoms with Gasteiger partial charge < -0.3 is 10.4 Å². The zero-order valence-electron chi connectivity index (χ0n) is 14.4. The van der Waals surface area contributed by atoms with E-state index in [-0.39, 0.29) is 6.61 Å². The zero-order valence-corrected chi connectivity index (χ0v) is 15.1. The highest BCUT2D eigenvalue weighted by molar-refractivity contribution is 6.30. The SMILES string of the molecule is OCCc1ccc(Nc2cc(-c3cccc(Cl)c3)nc3c2CCC3)cn1. The van der Waals surface area contributed by atoms with Crippen LogP contribution in [0.15, 0.2) is 48.7 Å². The first kappa shape index (κ1) is 17.0. The van der Waals surface area contributed by atoms with Crippen molar-refractivity contribution in [3.8, 4) is 11.3 Å². The predicted molar refractivity (Wildman–Crippen MR) is 105 cm³/mol. The van der Waals surface area contributed by atoms with Gasteiger partial charge in [-0.05, 0) is 55.2 Å². The maximum Gasteiger partial charge on any atom is 0.0726 e. The topological polar surface area (TPSA) is 58.0 Å². The molecule has 0 unspecified atom stereocenters. The monoisotopic (exact) mass is 365 g/mol. The Morgan fingerprint density at radius 1 is 1.12 bits per heavy atom. The van der Waals surface area contributed by atoms with Crippen molar-refractivity contribution in [3.05, 3.63) is 70.6 Å². The predicted octanol–water partition coefficient (Wildman–Crippen LogP) is 4.56. The second kappa shape index (κ2) is 7.44. The molecule has 2 heterocycles. The molecular weight excluding hydrogens is 346 g/mol. The van der Waals surface area contributed by atoms with Gasteiger partial charge in [0.25, 0.3) is 0 Å². The summed E-state index contributed by atoms with van der Waals surface area (Å²) in [4.78, 5) is 9.26. The minimum atomic E-state index is 0.112. The fraction of sp³-hybridized carbons (Fsp3) is 0.238. The Labute approximate surface area is 157 Å². The molecular formula is C21H20ClN3O. The van der Waals surface area contributed by atoms with Gasteiger partial charge in [-0.15, -0.1) is 0 Å². The minimum Gasteiger partial charge on any atom is -0.396 e. The number of rotatable bonds is 5. The van der Waals surface area contributed by atoms with Gasteiger partial charge >= 0.3 is 0 Å². The average Bonchev–Trinajstić information content (AvgIpc) is 3.12. The van der Waals surface area contributed by atoms with Gasteiger partial charge in [0.05, 0.1) is 17.6 Å². The van der Waals surface area contributed by atoms with Gasteiger partial charge in [0.2, 0.25) is 0 Å². The van der Waals surface area contributed by atoms with Crippen LogP contribution in [0.3, 0.4) is 0 Å². The van der Waals surface area contributed by atoms with Crippen LogP contribution in [-0.4, -0.2) is 21.7 Å². The summed E-state index contributed by atoms with van der Waals surface area (Å²) in [6.45, 7) is 0.112. The number of aromatic nitrogens is 2. The molecule has 5 heteroatoms. The number of aliphatic hydroxyl groups excluding tert-OH is 1. The number of halogens is 1. The van der Waals surface area contributed by atoms with Crippen molar-refractivity contribution in [1.29, 1.82) is 0 Å². The van der Waals surface area contributed by atoms with Crippen LogP contribution in [0.4, 0.5) is 11.4 Å². The second-order valence-corrected chi connectivity index (χ2v) is 6.92. The largest absolute Gasteiger partial charge is 0.396 e. The Bertz CT molecular complexity index is 925. The molecule has 0 saturated carbocycles. The van der Waals surface area contributed by atoms with E-state index in [1.54, 1.807) is 0 Å². The van der Waals surface area contributed by atoms with E-state index >= 15 is 0 Å². The fourth-order valence-corrected chi connectivity index (χ4v) is 3.56. The number of hydrogen-bond acceptors (Lipinski definition) is 4. The lowest BCUT2D eigenvalue weighted by Crippen LogP contribution is -2.01. The summed E-state index contributed by atoms with van der Waals surface area (Å²) in [7, 11) is 0. The summed E-state index contributed by atoms with van der Waals surface area (Å²) in [5.41, 5.74) is 7.30. The van der Waals surface area contributed by atoms with Crippen LogP contribution in [-0.2, 0) is 19.3 Å². The van der Waals surface area contributed by atoms with Crippen molar-refractivity contribution in [2.75, 3.05) is 11.9 Å². The molecule has 0 spiro atoms. The first-order valence-electron chi connectivity index (χ1n) is 8.84. The Kier molecular flexibility index (Phi) is 4.87. The van der Waals surface area contributed by atoms with Crippen molar-refractivity contribution in [2.45, 2.75) is 25.7 Å². The van der Waals surface area contributed by atoms with Crippen LogP contribution in [0, 0.1) is 0 Å². The Morgan fingerprint density at radius 3 is 2.81 bits per heavy atom. The van der Waals surface area contributed by atoms with E-state index in [1.807, 2.05) is 42.6 Å². The molecule has 1 aliphatic rings. The van der Waals surface area contributed by atoms with E-state index in [1.165, 1.54) is 5.56 Å². The van der Waals surface area contributed by atoms with Gasteiger partial charge in [0, 0.05) is 40.7 Å². The third kappa shape index (κ3) is 3.57. The van der Waals surface area contributed by atoms with E-state index < -0.39 is 0 Å². The Morgan fingerprint density at radius 2 is 2.04 bits per heavy atom. The van der Waals surface area contributed by atoms with E-state index in [0.29, 0.717) is 11.4 Å². The lowest BCUT2D eigenvalue weighted by molar-refractivity contribution is 0.298. The summed E-state index contributed by atoms with van der Waals surface area (Å²) in [6, 6.07) is 13.8. The summed E-state index contributed by atoms with van der Waals surface area (Å²) in [6.07, 6.45) is 5.56. The third-order valence-corrected chi connectivity index (χ3v) is 4.88. The Hall–Kier alpha value is -2.43. The number of nitrogens with zero attached hydrogens (tertiary/aromatic N) is 2. The summed E-state index contributed by atoms with van der Waals surface area (Å²) < 4.78 is 0. The van der Waals surface area contributed by atoms with E-state index in [4.69, 9.17) is 21.7 Å². The molecule has 2 N–H and O–H groups in total. The van der Waals surface area contributed by atoms with Crippen molar-refractivity contribution in [1.82, 2.24) is 9.97 Å². The highest BCUT2D eigenvalue weighted by Gasteiger charge is 2.19. The van der Waals surface area contributed by atoms with Gasteiger partial charge in [-0.2, -0.15) is 0 Å². The van der Waals surface area contributed by atoms with Gasteiger partial charge in [0.15, 0.2) is 0 Å². The minimum absolute atomic E-state index is 0.112. The smallest absolute Gasteiger partial charge is 0.0726 e. The first-order chi connectivity index (χ1) is 12.7. The number of aliphatic hydroxyl groups is 1. The first-order valence-corrected chi connectivity index (χ1v) is 9.22. The molecule has 132 valence electrons. The van der Waals surface area contributed by atoms with Gasteiger partial charge in [-0.25, -0.2) is 0 Å². The second-order valence-electron chi connectivity index (χ2n) is 6.48. The lowest BCUT2D eigenvalue weighted by Gasteiger charge is -2.14. The summed E-state index contributed by atoms with van der Waals surface area (Å²) >= 11 is 6.15. The number of nitrogens with one attached hydrogen (secondary N) is 1. The summed E-state index contributed by atoms with van der Waals surface area (Å²) in [5, 5.41) is 13.2. The van der Waals surface area contributed by atoms with E-state index in [9.17, 15) is 0 Å². The van der Waals surface area contributed by atoms with Crippen molar-refractivity contribution < 1.29 is 5.11 Å². The average molecular weight is 366 g/mol. The molecule has 4 nitrogen and oxygen atoms in total. The third-order valence-electron chi connectivity index (χ3n) is 4.64. The lowest BCUT2D eigenvalue weighted by atomic mass is 10.1. The fourth-order valence-electron chi connectivity index (χ4n) is 3.37. The molecule has 0 amide bonds. The molecule has 0 radical (unpaired) electrons. The molecule has 1 aliphatic carbocycles. The maximum absolute atomic E-state index is 9.02. The molecule has 0 saturated heterocycles. The van der Waals surface area contributed by atoms with E-state index in [2.05, 4.69) is 16.4 Å². The molecule has 0 fully saturated rings. The van der Waals surface area contributed by atoms with Crippen molar-refractivity contribution >= 4 is 23.0 Å². The normalized spacial score (nSPS) is 12.8. The molecule has 26 heavy (non-hydrogen) atoms. The molecule has 0 atom stereocenters. The Balaban J connectivity index is 1.69. The zero-order chi connectivity index (χ0) is 17.9. The van der Waals surface area contributed by atoms with Gasteiger partial charge in [-0.3, -0.25) is 9.97 Å². The summed E-state index contributed by atoms with van der Waals surface area (Å²) in [5.74, 6) is 0. The number of pyridine rings is 2. The van der Waals surface area contributed by atoms with Crippen molar-refractivity contribution in [2.24, 2.45) is 0 Å². The van der Waals surface area contributed by atoms with Crippen LogP contribution in [0.2, 0.25) is 5.02 Å². The highest BCUT2D eigenvalue weighted by atomic mass is 35.5. The van der Waals surface area contributed by atoms with Crippen molar-refractivity contribution in [3.63, 3.8) is 0 Å². The van der Waals surface area contributed by atoms with Crippen LogP contribution in [0.25, 0.3) is 11.3 Å². The number of anilines is 2. The number of hydrogen-bond donors (Lipinski definition) is 2. The van der Waals surface area contributed by atoms with Gasteiger partial charge in [-0.1, -0.05) is 23.7 Å². The standard InChI is InChI=1S/C21H20ClN3O/c22-15-4-1-3-14(11-15)20-12-21(18-5-2-6-19(18)25-20)24-17-8-7-16(9-10-26)23-13-17/h1,3-4,7-8,11-13,26H,2,5-6,9-10H2,(H,24,25). The quantitative estimate of drug-likeness (QED) is 0.695. The number of benzene rings is 1. The van der Waals surface area contributed by atoms with Crippen LogP contribution in [0.1, 0.15) is 23.4 Å². The van der Waals surface area contributed by atoms with E-state index in [0.717, 1.165) is 53.3 Å². The van der Waals surface area contributed by atoms with Crippen LogP contribution < -0.4 is 5.32 Å². The molecule has 1 aromatic carbocycles. The number of aryl methyl sites for hydroxylation is 1. The maximum atomic E-state index is 9.02. The molecule has 3 aromatic rings. The molecule has 2 aromatic heterocycles. The molecule has 0 aliphatic heterocycles. The highest BCUT2D eigenvalue weighted by Crippen LogP contribution is 2.34. The van der Waals surface area contributed by atoms with Crippen LogP contribution >= 0.6 is 11.6 Å². The number of fused-ring (bicyclic) bond motifs is 1. The molecule has 0 bridgehead atoms. The van der Waals surface area contributed by atoms with Gasteiger partial charge in [0.1, 0.15) is 0 Å². The molecule has 4 rings (SSSR count). The van der Waals surface area contributed by atoms with Crippen LogP contribution in [0.5, 0.6) is 0 Å².